The Morgan fingerprint density at radius 1 is 1.50 bits per heavy atom. The third-order valence-corrected chi connectivity index (χ3v) is 2.09. The van der Waals surface area contributed by atoms with E-state index in [1.54, 1.807) is 0 Å². The van der Waals surface area contributed by atoms with Crippen LogP contribution in [0.2, 0.25) is 0 Å². The summed E-state index contributed by atoms with van der Waals surface area (Å²) in [7, 11) is 0. The summed E-state index contributed by atoms with van der Waals surface area (Å²) in [6.45, 7) is 0. The van der Waals surface area contributed by atoms with E-state index in [9.17, 15) is 10.2 Å². The molecule has 2 atom stereocenters. The zero-order valence-corrected chi connectivity index (χ0v) is 5.88. The zero-order chi connectivity index (χ0) is 7.61. The summed E-state index contributed by atoms with van der Waals surface area (Å²) in [4.78, 5) is 0. The first kappa shape index (κ1) is 7.59. The largest absolute Gasteiger partial charge is 0.389 e. The normalized spacial score (nSPS) is 40.7. The Morgan fingerprint density at radius 2 is 2.20 bits per heavy atom. The third-order valence-electron chi connectivity index (χ3n) is 2.09. The fourth-order valence-electron chi connectivity index (χ4n) is 1.31. The summed E-state index contributed by atoms with van der Waals surface area (Å²) in [5, 5.41) is 18.7. The second kappa shape index (κ2) is 2.61. The molecule has 0 aliphatic heterocycles. The Labute approximate surface area is 60.9 Å². The average molecular weight is 140 g/mol. The van der Waals surface area contributed by atoms with Crippen LogP contribution in [0.3, 0.4) is 0 Å². The van der Waals surface area contributed by atoms with E-state index < -0.39 is 11.7 Å². The summed E-state index contributed by atoms with van der Waals surface area (Å²) in [5.41, 5.74) is -1.24. The van der Waals surface area contributed by atoms with E-state index in [0.717, 1.165) is 12.8 Å². The molecule has 1 saturated carbocycles. The highest BCUT2D eigenvalue weighted by atomic mass is 16.3. The topological polar surface area (TPSA) is 40.5 Å². The average Bonchev–Trinajstić information content (AvgIpc) is 1.96. The molecule has 1 aliphatic carbocycles. The van der Waals surface area contributed by atoms with Gasteiger partial charge < -0.3 is 10.2 Å². The molecule has 0 aromatic carbocycles. The van der Waals surface area contributed by atoms with E-state index in [2.05, 4.69) is 5.92 Å². The number of rotatable bonds is 0. The number of aliphatic hydroxyl groups excluding tert-OH is 1. The van der Waals surface area contributed by atoms with Crippen LogP contribution in [-0.2, 0) is 0 Å². The van der Waals surface area contributed by atoms with Crippen LogP contribution < -0.4 is 0 Å². The predicted octanol–water partition coefficient (Wildman–Crippen LogP) is 0.286. The molecule has 1 fully saturated rings. The van der Waals surface area contributed by atoms with Gasteiger partial charge in [-0.3, -0.25) is 0 Å². The molecule has 0 spiro atoms. The van der Waals surface area contributed by atoms with Gasteiger partial charge in [-0.2, -0.15) is 0 Å². The van der Waals surface area contributed by atoms with Crippen molar-refractivity contribution >= 4 is 0 Å². The van der Waals surface area contributed by atoms with Crippen molar-refractivity contribution in [1.29, 1.82) is 0 Å². The lowest BCUT2D eigenvalue weighted by Crippen LogP contribution is -2.43. The second-order valence-corrected chi connectivity index (χ2v) is 2.83. The highest BCUT2D eigenvalue weighted by Crippen LogP contribution is 2.27. The first-order valence-corrected chi connectivity index (χ1v) is 3.57. The van der Waals surface area contributed by atoms with E-state index in [4.69, 9.17) is 6.42 Å². The maximum atomic E-state index is 9.46. The first-order valence-electron chi connectivity index (χ1n) is 3.57. The van der Waals surface area contributed by atoms with Crippen molar-refractivity contribution in [2.45, 2.75) is 37.4 Å². The Hall–Kier alpha value is -0.520. The minimum absolute atomic E-state index is 0.532. The second-order valence-electron chi connectivity index (χ2n) is 2.83. The Morgan fingerprint density at radius 3 is 2.60 bits per heavy atom. The molecule has 0 aromatic heterocycles. The molecule has 1 aliphatic rings. The van der Waals surface area contributed by atoms with Gasteiger partial charge in [0.2, 0.25) is 0 Å². The van der Waals surface area contributed by atoms with Crippen LogP contribution in [0.25, 0.3) is 0 Å². The van der Waals surface area contributed by atoms with Crippen molar-refractivity contribution in [1.82, 2.24) is 0 Å². The number of hydrogen-bond acceptors (Lipinski definition) is 2. The Bertz CT molecular complexity index is 159. The van der Waals surface area contributed by atoms with Gasteiger partial charge in [-0.05, 0) is 19.3 Å². The van der Waals surface area contributed by atoms with Gasteiger partial charge in [0.15, 0.2) is 5.60 Å². The summed E-state index contributed by atoms with van der Waals surface area (Å²) in [6.07, 6.45) is 7.39. The predicted molar refractivity (Wildman–Crippen MR) is 38.3 cm³/mol. The molecule has 56 valence electrons. The van der Waals surface area contributed by atoms with Crippen molar-refractivity contribution in [3.05, 3.63) is 0 Å². The van der Waals surface area contributed by atoms with E-state index in [1.165, 1.54) is 0 Å². The van der Waals surface area contributed by atoms with Crippen LogP contribution in [0.4, 0.5) is 0 Å². The van der Waals surface area contributed by atoms with Crippen LogP contribution in [0.1, 0.15) is 25.7 Å². The molecule has 1 rings (SSSR count). The van der Waals surface area contributed by atoms with Crippen molar-refractivity contribution in [3.8, 4) is 12.3 Å². The van der Waals surface area contributed by atoms with Gasteiger partial charge in [0.1, 0.15) is 0 Å². The van der Waals surface area contributed by atoms with Crippen LogP contribution in [-0.4, -0.2) is 21.9 Å². The standard InChI is InChI=1S/C8H12O2/c1-2-8(10)6-4-3-5-7(8)9/h1,7,9-10H,3-6H2. The lowest BCUT2D eigenvalue weighted by Gasteiger charge is -2.31. The molecule has 2 N–H and O–H groups in total. The van der Waals surface area contributed by atoms with Crippen LogP contribution >= 0.6 is 0 Å². The Kier molecular flexibility index (Phi) is 1.98. The van der Waals surface area contributed by atoms with Gasteiger partial charge in [0.05, 0.1) is 6.10 Å². The van der Waals surface area contributed by atoms with Crippen molar-refractivity contribution in [2.24, 2.45) is 0 Å². The molecule has 0 saturated heterocycles. The van der Waals surface area contributed by atoms with Gasteiger partial charge in [-0.25, -0.2) is 0 Å². The molecule has 2 heteroatoms. The third kappa shape index (κ3) is 1.16. The molecule has 0 aromatic rings. The van der Waals surface area contributed by atoms with Crippen LogP contribution in [0.5, 0.6) is 0 Å². The number of aliphatic hydroxyl groups is 2. The number of hydrogen-bond donors (Lipinski definition) is 2. The van der Waals surface area contributed by atoms with Crippen LogP contribution in [0, 0.1) is 12.3 Å². The summed E-state index contributed by atoms with van der Waals surface area (Å²) in [6, 6.07) is 0. The maximum Gasteiger partial charge on any atom is 0.150 e. The molecular weight excluding hydrogens is 128 g/mol. The first-order chi connectivity index (χ1) is 4.69. The Balaban J connectivity index is 2.65. The maximum absolute atomic E-state index is 9.46. The smallest absolute Gasteiger partial charge is 0.150 e. The van der Waals surface area contributed by atoms with Crippen molar-refractivity contribution < 1.29 is 10.2 Å². The van der Waals surface area contributed by atoms with Gasteiger partial charge in [-0.1, -0.05) is 12.3 Å². The quantitative estimate of drug-likeness (QED) is 0.475. The fourth-order valence-corrected chi connectivity index (χ4v) is 1.31. The van der Waals surface area contributed by atoms with Crippen molar-refractivity contribution in [2.75, 3.05) is 0 Å². The van der Waals surface area contributed by atoms with E-state index in [1.807, 2.05) is 0 Å². The van der Waals surface area contributed by atoms with Gasteiger partial charge in [-0.15, -0.1) is 6.42 Å². The number of terminal acetylenes is 1. The molecule has 0 amide bonds. The summed E-state index contributed by atoms with van der Waals surface area (Å²) < 4.78 is 0. The van der Waals surface area contributed by atoms with Gasteiger partial charge >= 0.3 is 0 Å². The lowest BCUT2D eigenvalue weighted by atomic mass is 9.83. The minimum atomic E-state index is -1.24. The SMILES string of the molecule is C#CC1(O)CCCCC1O. The lowest BCUT2D eigenvalue weighted by molar-refractivity contribution is -0.0583. The molecule has 0 heterocycles. The van der Waals surface area contributed by atoms with Crippen LogP contribution in [0.15, 0.2) is 0 Å². The van der Waals surface area contributed by atoms with E-state index in [0.29, 0.717) is 12.8 Å². The summed E-state index contributed by atoms with van der Waals surface area (Å²) >= 11 is 0. The monoisotopic (exact) mass is 140 g/mol. The van der Waals surface area contributed by atoms with E-state index in [-0.39, 0.29) is 0 Å². The molecule has 2 nitrogen and oxygen atoms in total. The highest BCUT2D eigenvalue weighted by Gasteiger charge is 2.35. The molecule has 0 bridgehead atoms. The fraction of sp³-hybridized carbons (Fsp3) is 0.750. The van der Waals surface area contributed by atoms with E-state index >= 15 is 0 Å². The molecule has 2 unspecified atom stereocenters. The minimum Gasteiger partial charge on any atom is -0.389 e. The van der Waals surface area contributed by atoms with Gasteiger partial charge in [0.25, 0.3) is 0 Å². The van der Waals surface area contributed by atoms with Gasteiger partial charge in [0, 0.05) is 0 Å². The van der Waals surface area contributed by atoms with Crippen molar-refractivity contribution in [3.63, 3.8) is 0 Å². The summed E-state index contributed by atoms with van der Waals surface area (Å²) in [5.74, 6) is 2.24. The highest BCUT2D eigenvalue weighted by molar-refractivity contribution is 5.12. The molecule has 0 radical (unpaired) electrons. The molecular formula is C8H12O2. The molecule has 10 heavy (non-hydrogen) atoms. The zero-order valence-electron chi connectivity index (χ0n) is 5.88.